The van der Waals surface area contributed by atoms with Gasteiger partial charge in [-0.15, -0.1) is 0 Å². The highest BCUT2D eigenvalue weighted by atomic mass is 16.5. The molecule has 1 heterocycles. The van der Waals surface area contributed by atoms with Gasteiger partial charge in [0, 0.05) is 11.5 Å². The minimum Gasteiger partial charge on any atom is -0.493 e. The van der Waals surface area contributed by atoms with Crippen molar-refractivity contribution in [2.75, 3.05) is 20.8 Å². The van der Waals surface area contributed by atoms with Crippen LogP contribution in [-0.2, 0) is 0 Å². The largest absolute Gasteiger partial charge is 0.493 e. The number of methoxy groups -OCH3 is 2. The Morgan fingerprint density at radius 2 is 1.58 bits per heavy atom. The molecule has 0 bridgehead atoms. The lowest BCUT2D eigenvalue weighted by atomic mass is 10.1. The summed E-state index contributed by atoms with van der Waals surface area (Å²) in [5.41, 5.74) is 3.95. The molecule has 2 rings (SSSR count). The van der Waals surface area contributed by atoms with Gasteiger partial charge in [-0.25, -0.2) is 4.79 Å². The number of fused-ring (bicyclic) bond motifs is 1. The molecule has 0 aliphatic carbocycles. The fourth-order valence-corrected chi connectivity index (χ4v) is 3.22. The van der Waals surface area contributed by atoms with Crippen LogP contribution < -0.4 is 19.8 Å². The van der Waals surface area contributed by atoms with Crippen molar-refractivity contribution >= 4 is 11.0 Å². The molecule has 0 aliphatic heterocycles. The van der Waals surface area contributed by atoms with E-state index in [-0.39, 0.29) is 0 Å². The number of ether oxygens (including phenoxy) is 3. The fourth-order valence-electron chi connectivity index (χ4n) is 3.22. The molecule has 168 valence electrons. The third kappa shape index (κ3) is 7.35. The van der Waals surface area contributed by atoms with E-state index in [1.165, 1.54) is 29.9 Å². The zero-order valence-corrected chi connectivity index (χ0v) is 19.5. The van der Waals surface area contributed by atoms with Crippen LogP contribution in [0.4, 0.5) is 0 Å². The monoisotopic (exact) mass is 426 g/mol. The summed E-state index contributed by atoms with van der Waals surface area (Å²) in [6.45, 7) is 8.92. The first-order valence-electron chi connectivity index (χ1n) is 10.6. The molecule has 0 saturated carbocycles. The Kier molecular flexibility index (Phi) is 9.44. The SMILES string of the molecule is COc1cc2ccc(=O)oc2c(OC)c1OCC=C(C)CCC=C(C)CCC=C(C)C. The molecular formula is C26H34O5. The maximum atomic E-state index is 11.6. The van der Waals surface area contributed by atoms with Gasteiger partial charge in [0.2, 0.25) is 11.5 Å². The van der Waals surface area contributed by atoms with Crippen molar-refractivity contribution in [2.24, 2.45) is 0 Å². The molecule has 5 nitrogen and oxygen atoms in total. The van der Waals surface area contributed by atoms with Crippen molar-refractivity contribution < 1.29 is 18.6 Å². The molecule has 0 spiro atoms. The summed E-state index contributed by atoms with van der Waals surface area (Å²) in [4.78, 5) is 11.6. The van der Waals surface area contributed by atoms with Crippen molar-refractivity contribution in [3.05, 3.63) is 63.6 Å². The van der Waals surface area contributed by atoms with Gasteiger partial charge in [0.05, 0.1) is 14.2 Å². The van der Waals surface area contributed by atoms with Crippen LogP contribution in [0, 0.1) is 0 Å². The zero-order valence-electron chi connectivity index (χ0n) is 19.5. The van der Waals surface area contributed by atoms with Crippen LogP contribution in [0.1, 0.15) is 53.4 Å². The van der Waals surface area contributed by atoms with Gasteiger partial charge in [-0.1, -0.05) is 28.9 Å². The van der Waals surface area contributed by atoms with E-state index in [9.17, 15) is 4.79 Å². The van der Waals surface area contributed by atoms with E-state index < -0.39 is 5.63 Å². The Labute approximate surface area is 185 Å². The molecule has 1 aromatic carbocycles. The van der Waals surface area contributed by atoms with Crippen LogP contribution in [0.2, 0.25) is 0 Å². The molecule has 0 radical (unpaired) electrons. The van der Waals surface area contributed by atoms with E-state index in [4.69, 9.17) is 18.6 Å². The van der Waals surface area contributed by atoms with Crippen molar-refractivity contribution in [2.45, 2.75) is 53.4 Å². The maximum Gasteiger partial charge on any atom is 0.336 e. The third-order valence-electron chi connectivity index (χ3n) is 4.99. The van der Waals surface area contributed by atoms with Gasteiger partial charge in [-0.05, 0) is 71.6 Å². The Morgan fingerprint density at radius 1 is 0.903 bits per heavy atom. The van der Waals surface area contributed by atoms with E-state index in [0.717, 1.165) is 25.7 Å². The van der Waals surface area contributed by atoms with E-state index in [1.807, 2.05) is 0 Å². The van der Waals surface area contributed by atoms with Crippen LogP contribution in [0.15, 0.2) is 62.4 Å². The topological polar surface area (TPSA) is 57.9 Å². The Balaban J connectivity index is 2.02. The predicted octanol–water partition coefficient (Wildman–Crippen LogP) is 6.61. The van der Waals surface area contributed by atoms with Crippen LogP contribution in [-0.4, -0.2) is 20.8 Å². The minimum absolute atomic E-state index is 0.347. The standard InChI is InChI=1S/C26H34O5/c1-18(2)9-7-10-19(3)11-8-12-20(4)15-16-30-25-22(28-5)17-21-13-14-23(27)31-24(21)26(25)29-6/h9,11,13-15,17H,7-8,10,12,16H2,1-6H3. The lowest BCUT2D eigenvalue weighted by Crippen LogP contribution is -2.02. The molecule has 1 aromatic heterocycles. The van der Waals surface area contributed by atoms with Gasteiger partial charge in [0.25, 0.3) is 0 Å². The molecule has 0 saturated heterocycles. The molecule has 0 fully saturated rings. The second-order valence-electron chi connectivity index (χ2n) is 7.88. The lowest BCUT2D eigenvalue weighted by molar-refractivity contribution is 0.299. The molecule has 0 atom stereocenters. The second kappa shape index (κ2) is 12.0. The number of allylic oxidation sites excluding steroid dienone is 5. The number of hydrogen-bond donors (Lipinski definition) is 0. The molecule has 0 unspecified atom stereocenters. The molecule has 31 heavy (non-hydrogen) atoms. The molecular weight excluding hydrogens is 392 g/mol. The molecule has 0 aliphatic rings. The summed E-state index contributed by atoms with van der Waals surface area (Å²) in [5.74, 6) is 1.30. The van der Waals surface area contributed by atoms with Gasteiger partial charge in [0.1, 0.15) is 6.61 Å². The molecule has 2 aromatic rings. The summed E-state index contributed by atoms with van der Waals surface area (Å²) in [7, 11) is 3.08. The first-order valence-corrected chi connectivity index (χ1v) is 10.6. The maximum absolute atomic E-state index is 11.6. The van der Waals surface area contributed by atoms with Gasteiger partial charge < -0.3 is 18.6 Å². The quantitative estimate of drug-likeness (QED) is 0.299. The Bertz CT molecular complexity index is 1020. The summed E-state index contributed by atoms with van der Waals surface area (Å²) in [5, 5.41) is 0.708. The van der Waals surface area contributed by atoms with E-state index in [0.29, 0.717) is 34.8 Å². The van der Waals surface area contributed by atoms with Gasteiger partial charge >= 0.3 is 5.63 Å². The normalized spacial score (nSPS) is 12.1. The highest BCUT2D eigenvalue weighted by Crippen LogP contribution is 2.43. The highest BCUT2D eigenvalue weighted by Gasteiger charge is 2.18. The first kappa shape index (κ1) is 24.3. The summed E-state index contributed by atoms with van der Waals surface area (Å²) in [6, 6.07) is 4.82. The predicted molar refractivity (Wildman–Crippen MR) is 126 cm³/mol. The molecule has 0 N–H and O–H groups in total. The van der Waals surface area contributed by atoms with Gasteiger partial charge in [-0.2, -0.15) is 0 Å². The Hall–Kier alpha value is -2.95. The van der Waals surface area contributed by atoms with E-state index in [1.54, 1.807) is 19.2 Å². The van der Waals surface area contributed by atoms with Crippen LogP contribution in [0.5, 0.6) is 17.2 Å². The van der Waals surface area contributed by atoms with Crippen LogP contribution in [0.25, 0.3) is 11.0 Å². The lowest BCUT2D eigenvalue weighted by Gasteiger charge is -2.15. The zero-order chi connectivity index (χ0) is 22.8. The number of benzene rings is 1. The van der Waals surface area contributed by atoms with Crippen molar-refractivity contribution in [1.82, 2.24) is 0 Å². The summed E-state index contributed by atoms with van der Waals surface area (Å²) in [6.07, 6.45) is 10.8. The summed E-state index contributed by atoms with van der Waals surface area (Å²) < 4.78 is 22.2. The Morgan fingerprint density at radius 3 is 2.23 bits per heavy atom. The number of hydrogen-bond acceptors (Lipinski definition) is 5. The van der Waals surface area contributed by atoms with Gasteiger partial charge in [-0.3, -0.25) is 0 Å². The van der Waals surface area contributed by atoms with E-state index >= 15 is 0 Å². The molecule has 5 heteroatoms. The third-order valence-corrected chi connectivity index (χ3v) is 4.99. The smallest absolute Gasteiger partial charge is 0.336 e. The highest BCUT2D eigenvalue weighted by molar-refractivity contribution is 5.88. The average molecular weight is 427 g/mol. The van der Waals surface area contributed by atoms with Crippen molar-refractivity contribution in [3.8, 4) is 17.2 Å². The van der Waals surface area contributed by atoms with Gasteiger partial charge in [0.15, 0.2) is 11.3 Å². The van der Waals surface area contributed by atoms with Crippen LogP contribution in [0.3, 0.4) is 0 Å². The minimum atomic E-state index is -0.443. The fraction of sp³-hybridized carbons (Fsp3) is 0.423. The van der Waals surface area contributed by atoms with Crippen LogP contribution >= 0.6 is 0 Å². The van der Waals surface area contributed by atoms with E-state index in [2.05, 4.69) is 45.9 Å². The van der Waals surface area contributed by atoms with Crippen molar-refractivity contribution in [3.63, 3.8) is 0 Å². The second-order valence-corrected chi connectivity index (χ2v) is 7.88. The number of rotatable bonds is 11. The average Bonchev–Trinajstić information content (AvgIpc) is 2.72. The summed E-state index contributed by atoms with van der Waals surface area (Å²) >= 11 is 0. The molecule has 0 amide bonds. The van der Waals surface area contributed by atoms with Crippen molar-refractivity contribution in [1.29, 1.82) is 0 Å². The first-order chi connectivity index (χ1) is 14.8.